The fourth-order valence-electron chi connectivity index (χ4n) is 4.63. The molecule has 2 aromatic rings. The molecule has 0 atom stereocenters. The number of nitrogens with zero attached hydrogens (tertiary/aromatic N) is 2. The van der Waals surface area contributed by atoms with E-state index in [9.17, 15) is 18.4 Å². The Labute approximate surface area is 223 Å². The van der Waals surface area contributed by atoms with Crippen LogP contribution in [0.5, 0.6) is 5.75 Å². The lowest BCUT2D eigenvalue weighted by molar-refractivity contribution is -0.152. The molecule has 1 saturated heterocycles. The number of benzene rings is 2. The second kappa shape index (κ2) is 13.0. The number of carbonyl (C=O) groups excluding carboxylic acids is 2. The highest BCUT2D eigenvalue weighted by atomic mass is 19.1. The molecule has 2 aromatic carbocycles. The third-order valence-corrected chi connectivity index (χ3v) is 6.60. The van der Waals surface area contributed by atoms with Crippen molar-refractivity contribution in [2.24, 2.45) is 5.41 Å². The molecule has 0 aromatic heterocycles. The molecular weight excluding hydrogens is 494 g/mol. The van der Waals surface area contributed by atoms with Gasteiger partial charge in [-0.1, -0.05) is 18.2 Å². The average Bonchev–Trinajstić information content (AvgIpc) is 2.87. The molecule has 1 aliphatic rings. The summed E-state index contributed by atoms with van der Waals surface area (Å²) < 4.78 is 44.2. The molecular formula is C29H38F2N2O5. The largest absolute Gasteiger partial charge is 0.491 e. The number of esters is 1. The summed E-state index contributed by atoms with van der Waals surface area (Å²) in [6.45, 7) is 9.41. The van der Waals surface area contributed by atoms with E-state index in [1.54, 1.807) is 0 Å². The zero-order chi connectivity index (χ0) is 27.9. The van der Waals surface area contributed by atoms with Crippen molar-refractivity contribution in [3.63, 3.8) is 0 Å². The molecule has 1 heterocycles. The first kappa shape index (κ1) is 29.4. The lowest BCUT2D eigenvalue weighted by Gasteiger charge is -2.40. The summed E-state index contributed by atoms with van der Waals surface area (Å²) in [5, 5.41) is 0. The first-order valence-electron chi connectivity index (χ1n) is 12.9. The third-order valence-electron chi connectivity index (χ3n) is 6.60. The van der Waals surface area contributed by atoms with Crippen LogP contribution in [0.15, 0.2) is 42.5 Å². The lowest BCUT2D eigenvalue weighted by Crippen LogP contribution is -2.50. The lowest BCUT2D eigenvalue weighted by atomic mass is 9.91. The number of halogens is 2. The molecule has 0 radical (unpaired) electrons. The van der Waals surface area contributed by atoms with Crippen molar-refractivity contribution >= 4 is 12.1 Å². The minimum absolute atomic E-state index is 0.0373. The number of ether oxygens (including phenoxy) is 3. The first-order valence-corrected chi connectivity index (χ1v) is 12.9. The van der Waals surface area contributed by atoms with Gasteiger partial charge in [-0.05, 0) is 64.3 Å². The fourth-order valence-corrected chi connectivity index (χ4v) is 4.63. The van der Waals surface area contributed by atoms with Crippen LogP contribution >= 0.6 is 0 Å². The first-order chi connectivity index (χ1) is 18.0. The van der Waals surface area contributed by atoms with Gasteiger partial charge in [0.15, 0.2) is 0 Å². The van der Waals surface area contributed by atoms with E-state index in [2.05, 4.69) is 4.90 Å². The molecule has 0 spiro atoms. The van der Waals surface area contributed by atoms with Gasteiger partial charge >= 0.3 is 12.1 Å². The van der Waals surface area contributed by atoms with Crippen LogP contribution < -0.4 is 4.74 Å². The number of likely N-dealkylation sites (tertiary alicyclic amines) is 1. The van der Waals surface area contributed by atoms with Gasteiger partial charge in [-0.25, -0.2) is 13.6 Å². The van der Waals surface area contributed by atoms with Crippen LogP contribution in [-0.2, 0) is 27.4 Å². The molecule has 208 valence electrons. The molecule has 1 aliphatic heterocycles. The van der Waals surface area contributed by atoms with Crippen molar-refractivity contribution in [2.75, 3.05) is 26.7 Å². The topological polar surface area (TPSA) is 68.3 Å². The predicted molar refractivity (Wildman–Crippen MR) is 140 cm³/mol. The summed E-state index contributed by atoms with van der Waals surface area (Å²) in [5.41, 5.74) is 0.350. The quantitative estimate of drug-likeness (QED) is 0.374. The number of piperidine rings is 1. The Morgan fingerprint density at radius 1 is 1.08 bits per heavy atom. The van der Waals surface area contributed by atoms with E-state index in [-0.39, 0.29) is 36.8 Å². The summed E-state index contributed by atoms with van der Waals surface area (Å²) in [6.07, 6.45) is 0.730. The van der Waals surface area contributed by atoms with E-state index < -0.39 is 23.1 Å². The average molecular weight is 533 g/mol. The Balaban J connectivity index is 1.68. The van der Waals surface area contributed by atoms with E-state index in [0.717, 1.165) is 17.4 Å². The van der Waals surface area contributed by atoms with Crippen molar-refractivity contribution in [1.82, 2.24) is 9.80 Å². The van der Waals surface area contributed by atoms with Crippen LogP contribution in [0.2, 0.25) is 0 Å². The van der Waals surface area contributed by atoms with Gasteiger partial charge in [0.1, 0.15) is 24.0 Å². The van der Waals surface area contributed by atoms with Crippen LogP contribution in [0, 0.1) is 17.0 Å². The molecule has 7 nitrogen and oxygen atoms in total. The maximum absolute atomic E-state index is 14.5. The molecule has 3 rings (SSSR count). The normalized spacial score (nSPS) is 14.8. The van der Waals surface area contributed by atoms with Gasteiger partial charge in [-0.2, -0.15) is 0 Å². The second-order valence-corrected chi connectivity index (χ2v) is 10.6. The van der Waals surface area contributed by atoms with Gasteiger partial charge in [0.05, 0.1) is 25.2 Å². The van der Waals surface area contributed by atoms with Gasteiger partial charge < -0.3 is 24.0 Å². The Morgan fingerprint density at radius 3 is 2.32 bits per heavy atom. The monoisotopic (exact) mass is 532 g/mol. The van der Waals surface area contributed by atoms with Crippen molar-refractivity contribution in [3.8, 4) is 5.75 Å². The Morgan fingerprint density at radius 2 is 1.74 bits per heavy atom. The minimum Gasteiger partial charge on any atom is -0.491 e. The van der Waals surface area contributed by atoms with E-state index in [1.165, 1.54) is 24.1 Å². The molecule has 9 heteroatoms. The van der Waals surface area contributed by atoms with Crippen LogP contribution in [0.3, 0.4) is 0 Å². The number of rotatable bonds is 10. The highest BCUT2D eigenvalue weighted by Gasteiger charge is 2.35. The zero-order valence-corrected chi connectivity index (χ0v) is 22.8. The van der Waals surface area contributed by atoms with E-state index in [0.29, 0.717) is 32.5 Å². The standard InChI is InChI=1S/C29H38F2N2O5/c1-20(2)38-25-10-6-21(7-11-25)18-37-28(35)33(17-22-8-9-23(30)16-26(22)31)24-12-14-32(15-13-24)19-29(3,4)27(34)36-5/h6-11,16,20,24H,12-15,17-19H2,1-5H3. The number of hydrogen-bond donors (Lipinski definition) is 0. The Hall–Kier alpha value is -3.20. The number of amides is 1. The third kappa shape index (κ3) is 8.15. The highest BCUT2D eigenvalue weighted by Crippen LogP contribution is 2.26. The van der Waals surface area contributed by atoms with Gasteiger partial charge in [0, 0.05) is 37.3 Å². The van der Waals surface area contributed by atoms with E-state index >= 15 is 0 Å². The van der Waals surface area contributed by atoms with E-state index in [4.69, 9.17) is 14.2 Å². The molecule has 1 fully saturated rings. The van der Waals surface area contributed by atoms with Gasteiger partial charge in [0.25, 0.3) is 0 Å². The van der Waals surface area contributed by atoms with E-state index in [1.807, 2.05) is 52.0 Å². The molecule has 0 bridgehead atoms. The molecule has 0 aliphatic carbocycles. The molecule has 0 unspecified atom stereocenters. The van der Waals surface area contributed by atoms with Crippen molar-refractivity contribution < 1.29 is 32.6 Å². The summed E-state index contributed by atoms with van der Waals surface area (Å²) in [7, 11) is 1.38. The predicted octanol–water partition coefficient (Wildman–Crippen LogP) is 5.55. The van der Waals surface area contributed by atoms with Crippen LogP contribution in [-0.4, -0.2) is 60.8 Å². The maximum atomic E-state index is 14.5. The highest BCUT2D eigenvalue weighted by molar-refractivity contribution is 5.76. The number of carbonyl (C=O) groups is 2. The maximum Gasteiger partial charge on any atom is 0.410 e. The summed E-state index contributed by atoms with van der Waals surface area (Å²) >= 11 is 0. The summed E-state index contributed by atoms with van der Waals surface area (Å²) in [6, 6.07) is 10.4. The van der Waals surface area contributed by atoms with Gasteiger partial charge in [0.2, 0.25) is 0 Å². The molecule has 38 heavy (non-hydrogen) atoms. The Kier molecular flexibility index (Phi) is 10.1. The SMILES string of the molecule is COC(=O)C(C)(C)CN1CCC(N(Cc2ccc(F)cc2F)C(=O)OCc2ccc(OC(C)C)cc2)CC1. The second-order valence-electron chi connectivity index (χ2n) is 10.6. The van der Waals surface area contributed by atoms with Crippen molar-refractivity contribution in [2.45, 2.75) is 65.8 Å². The van der Waals surface area contributed by atoms with Crippen molar-refractivity contribution in [1.29, 1.82) is 0 Å². The van der Waals surface area contributed by atoms with Crippen LogP contribution in [0.1, 0.15) is 51.7 Å². The fraction of sp³-hybridized carbons (Fsp3) is 0.517. The van der Waals surface area contributed by atoms with Crippen LogP contribution in [0.4, 0.5) is 13.6 Å². The zero-order valence-electron chi connectivity index (χ0n) is 22.8. The smallest absolute Gasteiger partial charge is 0.410 e. The Bertz CT molecular complexity index is 1080. The minimum atomic E-state index is -0.708. The van der Waals surface area contributed by atoms with Gasteiger partial charge in [-0.15, -0.1) is 0 Å². The van der Waals surface area contributed by atoms with Crippen molar-refractivity contribution in [3.05, 3.63) is 65.2 Å². The van der Waals surface area contributed by atoms with Crippen LogP contribution in [0.25, 0.3) is 0 Å². The molecule has 0 N–H and O–H groups in total. The summed E-state index contributed by atoms with van der Waals surface area (Å²) in [4.78, 5) is 29.0. The number of hydrogen-bond acceptors (Lipinski definition) is 6. The summed E-state index contributed by atoms with van der Waals surface area (Å²) in [5.74, 6) is -0.932. The molecule has 0 saturated carbocycles. The van der Waals surface area contributed by atoms with Gasteiger partial charge in [-0.3, -0.25) is 4.79 Å². The number of methoxy groups -OCH3 is 1. The molecule has 1 amide bonds.